The summed E-state index contributed by atoms with van der Waals surface area (Å²) in [6.07, 6.45) is 0.829. The van der Waals surface area contributed by atoms with Gasteiger partial charge in [-0.1, -0.05) is 18.2 Å². The van der Waals surface area contributed by atoms with E-state index in [2.05, 4.69) is 0 Å². The first-order chi connectivity index (χ1) is 10.3. The van der Waals surface area contributed by atoms with Gasteiger partial charge >= 0.3 is 0 Å². The molecule has 2 atom stereocenters. The van der Waals surface area contributed by atoms with Crippen LogP contribution in [0.4, 0.5) is 0 Å². The molecule has 1 aliphatic heterocycles. The van der Waals surface area contributed by atoms with Crippen LogP contribution in [0.5, 0.6) is 0 Å². The topological polar surface area (TPSA) is 61.8 Å². The van der Waals surface area contributed by atoms with Crippen molar-refractivity contribution in [3.05, 3.63) is 30.3 Å². The number of benzene rings is 1. The summed E-state index contributed by atoms with van der Waals surface area (Å²) >= 11 is 0. The highest BCUT2D eigenvalue weighted by molar-refractivity contribution is 7.91. The van der Waals surface area contributed by atoms with Gasteiger partial charge < -0.3 is 14.2 Å². The fourth-order valence-corrected chi connectivity index (χ4v) is 3.93. The summed E-state index contributed by atoms with van der Waals surface area (Å²) in [4.78, 5) is 0.366. The van der Waals surface area contributed by atoms with Gasteiger partial charge in [0.1, 0.15) is 6.10 Å². The summed E-state index contributed by atoms with van der Waals surface area (Å²) < 4.78 is 41.2. The number of hydrogen-bond donors (Lipinski definition) is 0. The van der Waals surface area contributed by atoms with Gasteiger partial charge in [-0.15, -0.1) is 0 Å². The second-order valence-electron chi connectivity index (χ2n) is 5.92. The first-order valence-corrected chi connectivity index (χ1v) is 9.12. The van der Waals surface area contributed by atoms with Gasteiger partial charge in [-0.25, -0.2) is 8.42 Å². The van der Waals surface area contributed by atoms with E-state index < -0.39 is 15.6 Å². The molecule has 2 rings (SSSR count). The van der Waals surface area contributed by atoms with Crippen LogP contribution >= 0.6 is 0 Å². The molecule has 1 saturated heterocycles. The summed E-state index contributed by atoms with van der Waals surface area (Å²) in [6, 6.07) is 8.52. The molecular formula is C16H24O5S. The van der Waals surface area contributed by atoms with Gasteiger partial charge in [0, 0.05) is 7.11 Å². The molecule has 1 aromatic rings. The van der Waals surface area contributed by atoms with Crippen molar-refractivity contribution in [3.8, 4) is 0 Å². The molecule has 0 N–H and O–H groups in total. The van der Waals surface area contributed by atoms with E-state index in [1.165, 1.54) is 0 Å². The number of hydrogen-bond acceptors (Lipinski definition) is 5. The van der Waals surface area contributed by atoms with Crippen molar-refractivity contribution in [3.63, 3.8) is 0 Å². The van der Waals surface area contributed by atoms with E-state index in [-0.39, 0.29) is 18.0 Å². The van der Waals surface area contributed by atoms with Gasteiger partial charge in [0.2, 0.25) is 0 Å². The van der Waals surface area contributed by atoms with Crippen molar-refractivity contribution in [2.24, 2.45) is 0 Å². The van der Waals surface area contributed by atoms with Crippen molar-refractivity contribution >= 4 is 9.84 Å². The fourth-order valence-electron chi connectivity index (χ4n) is 2.57. The molecule has 0 aromatic heterocycles. The fraction of sp³-hybridized carbons (Fsp3) is 0.625. The maximum absolute atomic E-state index is 12.2. The van der Waals surface area contributed by atoms with Crippen LogP contribution < -0.4 is 0 Å². The Kier molecular flexibility index (Phi) is 5.60. The molecule has 1 aromatic carbocycles. The van der Waals surface area contributed by atoms with Gasteiger partial charge in [0.15, 0.2) is 15.6 Å². The molecule has 1 fully saturated rings. The Hall–Kier alpha value is -0.950. The molecular weight excluding hydrogens is 304 g/mol. The Morgan fingerprint density at radius 2 is 2.00 bits per heavy atom. The van der Waals surface area contributed by atoms with Crippen molar-refractivity contribution in [1.82, 2.24) is 0 Å². The van der Waals surface area contributed by atoms with E-state index in [9.17, 15) is 8.42 Å². The van der Waals surface area contributed by atoms with Crippen LogP contribution in [0.3, 0.4) is 0 Å². The Morgan fingerprint density at radius 3 is 2.55 bits per heavy atom. The number of rotatable bonds is 7. The Balaban J connectivity index is 1.87. The Labute approximate surface area is 132 Å². The molecule has 0 spiro atoms. The van der Waals surface area contributed by atoms with Gasteiger partial charge in [0.05, 0.1) is 23.4 Å². The summed E-state index contributed by atoms with van der Waals surface area (Å²) in [5, 5.41) is 0. The largest absolute Gasteiger partial charge is 0.379 e. The summed E-state index contributed by atoms with van der Waals surface area (Å²) in [5.74, 6) is -0.495. The zero-order valence-electron chi connectivity index (χ0n) is 13.3. The molecule has 0 bridgehead atoms. The molecule has 1 heterocycles. The van der Waals surface area contributed by atoms with E-state index in [0.717, 1.165) is 0 Å². The van der Waals surface area contributed by atoms with Crippen molar-refractivity contribution in [2.75, 3.05) is 19.5 Å². The van der Waals surface area contributed by atoms with Crippen LogP contribution in [-0.2, 0) is 24.0 Å². The van der Waals surface area contributed by atoms with E-state index in [0.29, 0.717) is 24.3 Å². The average molecular weight is 328 g/mol. The smallest absolute Gasteiger partial charge is 0.178 e. The van der Waals surface area contributed by atoms with Crippen molar-refractivity contribution in [1.29, 1.82) is 0 Å². The SMILES string of the molecule is CO[C@@H](CCCS(=O)(=O)c1ccccc1)[C@H]1COC(C)(C)O1. The Morgan fingerprint density at radius 1 is 1.32 bits per heavy atom. The van der Waals surface area contributed by atoms with E-state index in [1.807, 2.05) is 13.8 Å². The van der Waals surface area contributed by atoms with Crippen LogP contribution in [0.15, 0.2) is 35.2 Å². The predicted molar refractivity (Wildman–Crippen MR) is 83.4 cm³/mol. The predicted octanol–water partition coefficient (Wildman–Crippen LogP) is 2.41. The second kappa shape index (κ2) is 7.08. The van der Waals surface area contributed by atoms with E-state index in [1.54, 1.807) is 37.4 Å². The molecule has 124 valence electrons. The van der Waals surface area contributed by atoms with Gasteiger partial charge in [-0.3, -0.25) is 0 Å². The standard InChI is InChI=1S/C16H24O5S/c1-16(2)20-12-15(21-16)14(19-3)10-7-11-22(17,18)13-8-5-4-6-9-13/h4-6,8-9,14-15H,7,10-12H2,1-3H3/t14-,15+/m0/s1. The zero-order valence-corrected chi connectivity index (χ0v) is 14.1. The zero-order chi connectivity index (χ0) is 16.2. The summed E-state index contributed by atoms with van der Waals surface area (Å²) in [6.45, 7) is 4.19. The third kappa shape index (κ3) is 4.52. The lowest BCUT2D eigenvalue weighted by atomic mass is 10.1. The quantitative estimate of drug-likeness (QED) is 0.769. The summed E-state index contributed by atoms with van der Waals surface area (Å²) in [7, 11) is -1.62. The third-order valence-corrected chi connectivity index (χ3v) is 5.57. The van der Waals surface area contributed by atoms with E-state index >= 15 is 0 Å². The van der Waals surface area contributed by atoms with Gasteiger partial charge in [-0.05, 0) is 38.8 Å². The number of ether oxygens (including phenoxy) is 3. The molecule has 0 aliphatic carbocycles. The molecule has 5 nitrogen and oxygen atoms in total. The third-order valence-electron chi connectivity index (χ3n) is 3.75. The maximum atomic E-state index is 12.2. The minimum atomic E-state index is -3.24. The lowest BCUT2D eigenvalue weighted by Crippen LogP contribution is -2.32. The van der Waals surface area contributed by atoms with Crippen LogP contribution in [0, 0.1) is 0 Å². The van der Waals surface area contributed by atoms with Crippen LogP contribution in [0.25, 0.3) is 0 Å². The molecule has 0 amide bonds. The number of sulfone groups is 1. The highest BCUT2D eigenvalue weighted by Gasteiger charge is 2.37. The minimum Gasteiger partial charge on any atom is -0.379 e. The van der Waals surface area contributed by atoms with Crippen LogP contribution in [-0.4, -0.2) is 45.9 Å². The molecule has 0 unspecified atom stereocenters. The lowest BCUT2D eigenvalue weighted by Gasteiger charge is -2.23. The highest BCUT2D eigenvalue weighted by Crippen LogP contribution is 2.27. The normalized spacial score (nSPS) is 22.6. The summed E-state index contributed by atoms with van der Waals surface area (Å²) in [5.41, 5.74) is 0. The lowest BCUT2D eigenvalue weighted by molar-refractivity contribution is -0.154. The van der Waals surface area contributed by atoms with Crippen LogP contribution in [0.2, 0.25) is 0 Å². The van der Waals surface area contributed by atoms with Crippen molar-refractivity contribution < 1.29 is 22.6 Å². The minimum absolute atomic E-state index is 0.105. The molecule has 0 saturated carbocycles. The number of methoxy groups -OCH3 is 1. The molecule has 22 heavy (non-hydrogen) atoms. The van der Waals surface area contributed by atoms with Crippen LogP contribution in [0.1, 0.15) is 26.7 Å². The second-order valence-corrected chi connectivity index (χ2v) is 8.02. The molecule has 1 aliphatic rings. The molecule has 0 radical (unpaired) electrons. The monoisotopic (exact) mass is 328 g/mol. The maximum Gasteiger partial charge on any atom is 0.178 e. The highest BCUT2D eigenvalue weighted by atomic mass is 32.2. The first kappa shape index (κ1) is 17.4. The van der Waals surface area contributed by atoms with Crippen molar-refractivity contribution in [2.45, 2.75) is 49.6 Å². The van der Waals surface area contributed by atoms with Gasteiger partial charge in [-0.2, -0.15) is 0 Å². The van der Waals surface area contributed by atoms with E-state index in [4.69, 9.17) is 14.2 Å². The average Bonchev–Trinajstić information content (AvgIpc) is 2.84. The van der Waals surface area contributed by atoms with Gasteiger partial charge in [0.25, 0.3) is 0 Å². The first-order valence-electron chi connectivity index (χ1n) is 7.46. The molecule has 6 heteroatoms. The Bertz CT molecular complexity index is 567.